The first-order valence-corrected chi connectivity index (χ1v) is 8.36. The Bertz CT molecular complexity index is 507. The third kappa shape index (κ3) is 1.83. The van der Waals surface area contributed by atoms with Gasteiger partial charge in [0.25, 0.3) is 10.1 Å². The Balaban J connectivity index is 1.82. The van der Waals surface area contributed by atoms with Crippen LogP contribution in [0.1, 0.15) is 40.0 Å². The van der Waals surface area contributed by atoms with Gasteiger partial charge in [-0.05, 0) is 33.1 Å². The number of carbonyl (C=O) groups excluding carboxylic acids is 1. The third-order valence-corrected chi connectivity index (χ3v) is 6.87. The average Bonchev–Trinajstić information content (AvgIpc) is 2.89. The zero-order chi connectivity index (χ0) is 14.0. The molecule has 0 aromatic rings. The molecular weight excluding hydrogens is 268 g/mol. The number of carbonyl (C=O) groups is 1. The van der Waals surface area contributed by atoms with Gasteiger partial charge in [-0.25, -0.2) is 0 Å². The molecule has 1 heterocycles. The maximum Gasteiger partial charge on any atom is 0.311 e. The normalized spacial score (nSPS) is 42.6. The highest BCUT2D eigenvalue weighted by atomic mass is 32.2. The largest absolute Gasteiger partial charge is 0.460 e. The highest BCUT2D eigenvalue weighted by molar-refractivity contribution is 7.87. The van der Waals surface area contributed by atoms with Gasteiger partial charge in [-0.2, -0.15) is 8.42 Å². The van der Waals surface area contributed by atoms with E-state index in [1.807, 2.05) is 20.8 Å². The van der Waals surface area contributed by atoms with Crippen molar-refractivity contribution in [3.8, 4) is 0 Å². The zero-order valence-electron chi connectivity index (χ0n) is 11.5. The van der Waals surface area contributed by atoms with Crippen molar-refractivity contribution < 1.29 is 22.1 Å². The molecule has 2 saturated carbocycles. The van der Waals surface area contributed by atoms with E-state index in [-0.39, 0.29) is 23.9 Å². The van der Waals surface area contributed by atoms with Crippen LogP contribution in [-0.4, -0.2) is 31.8 Å². The summed E-state index contributed by atoms with van der Waals surface area (Å²) in [5.74, 6) is -0.127. The van der Waals surface area contributed by atoms with Crippen molar-refractivity contribution in [3.63, 3.8) is 0 Å². The molecule has 1 saturated heterocycles. The first kappa shape index (κ1) is 13.4. The van der Waals surface area contributed by atoms with E-state index in [0.29, 0.717) is 12.8 Å². The smallest absolute Gasteiger partial charge is 0.311 e. The number of ether oxygens (including phenoxy) is 1. The minimum atomic E-state index is -3.56. The van der Waals surface area contributed by atoms with Gasteiger partial charge in [0, 0.05) is 11.8 Å². The summed E-state index contributed by atoms with van der Waals surface area (Å²) >= 11 is 0. The van der Waals surface area contributed by atoms with Crippen LogP contribution in [-0.2, 0) is 23.8 Å². The van der Waals surface area contributed by atoms with Gasteiger partial charge in [-0.1, -0.05) is 6.92 Å². The maximum absolute atomic E-state index is 12.2. The van der Waals surface area contributed by atoms with E-state index < -0.39 is 26.9 Å². The summed E-state index contributed by atoms with van der Waals surface area (Å²) in [4.78, 5) is 12.2. The Labute approximate surface area is 113 Å². The van der Waals surface area contributed by atoms with Gasteiger partial charge in [0.05, 0.1) is 11.5 Å². The second-order valence-corrected chi connectivity index (χ2v) is 8.32. The minimum absolute atomic E-state index is 0.0255. The molecule has 3 rings (SSSR count). The van der Waals surface area contributed by atoms with E-state index in [1.54, 1.807) is 0 Å². The average molecular weight is 288 g/mol. The molecule has 5 unspecified atom stereocenters. The fourth-order valence-electron chi connectivity index (χ4n) is 3.51. The van der Waals surface area contributed by atoms with Gasteiger partial charge in [-0.3, -0.25) is 8.98 Å². The number of hydrogen-bond acceptors (Lipinski definition) is 5. The molecule has 0 N–H and O–H groups in total. The van der Waals surface area contributed by atoms with Crippen LogP contribution in [0.2, 0.25) is 0 Å². The lowest BCUT2D eigenvalue weighted by Crippen LogP contribution is -2.41. The van der Waals surface area contributed by atoms with Gasteiger partial charge in [-0.15, -0.1) is 0 Å². The Kier molecular flexibility index (Phi) is 2.78. The van der Waals surface area contributed by atoms with E-state index in [1.165, 1.54) is 0 Å². The van der Waals surface area contributed by atoms with Crippen LogP contribution in [0.4, 0.5) is 0 Å². The number of fused-ring (bicyclic) bond motifs is 1. The minimum Gasteiger partial charge on any atom is -0.460 e. The van der Waals surface area contributed by atoms with Crippen molar-refractivity contribution in [2.45, 2.75) is 57.5 Å². The summed E-state index contributed by atoms with van der Waals surface area (Å²) in [5, 5.41) is -0.632. The van der Waals surface area contributed by atoms with Crippen LogP contribution in [0.15, 0.2) is 0 Å². The Morgan fingerprint density at radius 1 is 1.37 bits per heavy atom. The van der Waals surface area contributed by atoms with E-state index in [9.17, 15) is 13.2 Å². The lowest BCUT2D eigenvalue weighted by Gasteiger charge is -2.29. The van der Waals surface area contributed by atoms with Crippen LogP contribution in [0, 0.1) is 17.3 Å². The Hall–Kier alpha value is -0.620. The Morgan fingerprint density at radius 3 is 2.68 bits per heavy atom. The number of hydrogen-bond donors (Lipinski definition) is 0. The topological polar surface area (TPSA) is 69.7 Å². The first-order valence-electron chi connectivity index (χ1n) is 6.89. The molecule has 108 valence electrons. The molecule has 1 aliphatic heterocycles. The SMILES string of the molecule is CCC(C)(C)C(=O)OC1C2CC3OS(=O)(=O)C1C3C2. The summed E-state index contributed by atoms with van der Waals surface area (Å²) in [5.41, 5.74) is -0.565. The monoisotopic (exact) mass is 288 g/mol. The fraction of sp³-hybridized carbons (Fsp3) is 0.923. The van der Waals surface area contributed by atoms with E-state index in [0.717, 1.165) is 6.42 Å². The predicted molar refractivity (Wildman–Crippen MR) is 67.7 cm³/mol. The first-order chi connectivity index (χ1) is 8.76. The fourth-order valence-corrected chi connectivity index (χ4v) is 5.53. The molecule has 3 fully saturated rings. The van der Waals surface area contributed by atoms with Crippen LogP contribution in [0.25, 0.3) is 0 Å². The second-order valence-electron chi connectivity index (χ2n) is 6.59. The molecule has 5 atom stereocenters. The summed E-state index contributed by atoms with van der Waals surface area (Å²) in [7, 11) is -3.56. The van der Waals surface area contributed by atoms with Gasteiger partial charge in [0.1, 0.15) is 11.4 Å². The summed E-state index contributed by atoms with van der Waals surface area (Å²) in [6, 6.07) is 0. The predicted octanol–water partition coefficient (Wildman–Crippen LogP) is 1.47. The molecule has 5 nitrogen and oxygen atoms in total. The lowest BCUT2D eigenvalue weighted by molar-refractivity contribution is -0.162. The maximum atomic E-state index is 12.2. The van der Waals surface area contributed by atoms with Gasteiger partial charge >= 0.3 is 5.97 Å². The summed E-state index contributed by atoms with van der Waals surface area (Å²) in [6.45, 7) is 5.57. The summed E-state index contributed by atoms with van der Waals surface area (Å²) < 4.78 is 34.7. The van der Waals surface area contributed by atoms with Crippen molar-refractivity contribution in [2.75, 3.05) is 0 Å². The van der Waals surface area contributed by atoms with Crippen LogP contribution in [0.5, 0.6) is 0 Å². The molecule has 2 aliphatic carbocycles. The van der Waals surface area contributed by atoms with Gasteiger partial charge < -0.3 is 4.74 Å². The van der Waals surface area contributed by atoms with Crippen LogP contribution >= 0.6 is 0 Å². The van der Waals surface area contributed by atoms with E-state index in [4.69, 9.17) is 8.92 Å². The molecule has 2 bridgehead atoms. The molecule has 3 aliphatic rings. The molecule has 6 heteroatoms. The number of rotatable bonds is 3. The van der Waals surface area contributed by atoms with Crippen molar-refractivity contribution in [2.24, 2.45) is 17.3 Å². The molecule has 19 heavy (non-hydrogen) atoms. The zero-order valence-corrected chi connectivity index (χ0v) is 12.3. The summed E-state index contributed by atoms with van der Waals surface area (Å²) in [6.07, 6.45) is 1.49. The van der Waals surface area contributed by atoms with Crippen molar-refractivity contribution in [1.82, 2.24) is 0 Å². The molecule has 0 spiro atoms. The third-order valence-electron chi connectivity index (χ3n) is 5.07. The van der Waals surface area contributed by atoms with Gasteiger partial charge in [0.15, 0.2) is 0 Å². The van der Waals surface area contributed by atoms with Crippen LogP contribution in [0.3, 0.4) is 0 Å². The van der Waals surface area contributed by atoms with Crippen molar-refractivity contribution >= 4 is 16.1 Å². The highest BCUT2D eigenvalue weighted by Gasteiger charge is 2.66. The highest BCUT2D eigenvalue weighted by Crippen LogP contribution is 2.55. The molecule has 0 amide bonds. The molecule has 0 aromatic carbocycles. The van der Waals surface area contributed by atoms with Crippen molar-refractivity contribution in [3.05, 3.63) is 0 Å². The second kappa shape index (κ2) is 3.95. The molecule has 0 aromatic heterocycles. The van der Waals surface area contributed by atoms with E-state index in [2.05, 4.69) is 0 Å². The molecule has 0 radical (unpaired) electrons. The van der Waals surface area contributed by atoms with Crippen LogP contribution < -0.4 is 0 Å². The molecular formula is C13H20O5S. The lowest BCUT2D eigenvalue weighted by atomic mass is 9.89. The number of esters is 1. The van der Waals surface area contributed by atoms with Crippen molar-refractivity contribution in [1.29, 1.82) is 0 Å². The Morgan fingerprint density at radius 2 is 2.05 bits per heavy atom. The quantitative estimate of drug-likeness (QED) is 0.581. The van der Waals surface area contributed by atoms with E-state index >= 15 is 0 Å². The standard InChI is InChI=1S/C13H20O5S/c1-4-13(2,3)12(14)17-10-7-5-8-9(6-7)18-19(15,16)11(8)10/h7-11H,4-6H2,1-3H3. The van der Waals surface area contributed by atoms with Gasteiger partial charge in [0.2, 0.25) is 0 Å².